The van der Waals surface area contributed by atoms with Gasteiger partial charge in [0, 0.05) is 54.7 Å². The summed E-state index contributed by atoms with van der Waals surface area (Å²) in [6, 6.07) is 7.80. The number of hydrogen-bond acceptors (Lipinski definition) is 6. The molecule has 0 saturated carbocycles. The molecule has 6 rings (SSSR count). The maximum absolute atomic E-state index is 4.82. The van der Waals surface area contributed by atoms with E-state index < -0.39 is 0 Å². The fraction of sp³-hybridized carbons (Fsp3) is 0.0476. The van der Waals surface area contributed by atoms with Crippen LogP contribution < -0.4 is 0 Å². The van der Waals surface area contributed by atoms with E-state index in [-0.39, 0.29) is 0 Å². The number of H-pyrrole nitrogens is 2. The van der Waals surface area contributed by atoms with Crippen LogP contribution in [-0.2, 0) is 7.05 Å². The van der Waals surface area contributed by atoms with E-state index in [0.29, 0.717) is 17.2 Å². The minimum Gasteiger partial charge on any atom is -0.336 e. The summed E-state index contributed by atoms with van der Waals surface area (Å²) in [6.45, 7) is 0. The second kappa shape index (κ2) is 6.31. The van der Waals surface area contributed by atoms with Crippen LogP contribution in [0.1, 0.15) is 0 Å². The van der Waals surface area contributed by atoms with Gasteiger partial charge in [0.15, 0.2) is 11.5 Å². The normalized spacial score (nSPS) is 11.5. The van der Waals surface area contributed by atoms with Crippen molar-refractivity contribution in [3.05, 3.63) is 61.4 Å². The molecule has 0 aliphatic heterocycles. The Kier molecular flexibility index (Phi) is 3.48. The molecule has 0 amide bonds. The average Bonchev–Trinajstić information content (AvgIpc) is 3.50. The van der Waals surface area contributed by atoms with E-state index in [1.807, 2.05) is 49.9 Å². The van der Waals surface area contributed by atoms with Crippen molar-refractivity contribution in [2.75, 3.05) is 0 Å². The number of aryl methyl sites for hydroxylation is 1. The van der Waals surface area contributed by atoms with Crippen LogP contribution in [0.2, 0.25) is 0 Å². The van der Waals surface area contributed by atoms with Crippen LogP contribution >= 0.6 is 0 Å². The molecule has 9 nitrogen and oxygen atoms in total. The highest BCUT2D eigenvalue weighted by atomic mass is 15.2. The van der Waals surface area contributed by atoms with Crippen LogP contribution in [0.25, 0.3) is 56.0 Å². The lowest BCUT2D eigenvalue weighted by Crippen LogP contribution is -1.86. The van der Waals surface area contributed by atoms with Gasteiger partial charge in [-0.05, 0) is 24.3 Å². The maximum Gasteiger partial charge on any atom is 0.159 e. The summed E-state index contributed by atoms with van der Waals surface area (Å²) in [7, 11) is 1.89. The lowest BCUT2D eigenvalue weighted by atomic mass is 10.1. The van der Waals surface area contributed by atoms with Gasteiger partial charge in [0.2, 0.25) is 0 Å². The highest BCUT2D eigenvalue weighted by Crippen LogP contribution is 2.31. The van der Waals surface area contributed by atoms with E-state index in [1.54, 1.807) is 23.3 Å². The van der Waals surface area contributed by atoms with Gasteiger partial charge in [-0.1, -0.05) is 0 Å². The molecule has 0 aliphatic rings. The molecule has 0 aliphatic carbocycles. The summed E-state index contributed by atoms with van der Waals surface area (Å²) in [5.74, 6) is 0.657. The Hall–Kier alpha value is -4.40. The monoisotopic (exact) mass is 393 g/mol. The smallest absolute Gasteiger partial charge is 0.159 e. The fourth-order valence-corrected chi connectivity index (χ4v) is 3.58. The van der Waals surface area contributed by atoms with E-state index in [4.69, 9.17) is 4.98 Å². The zero-order valence-electron chi connectivity index (χ0n) is 15.9. The lowest BCUT2D eigenvalue weighted by Gasteiger charge is -2.00. The SMILES string of the molecule is Cn1cc(-c2cnc3[nH]nc(-c4nc5c(-c6ccncc6)nccc5[nH]4)c3c2)cn1. The van der Waals surface area contributed by atoms with Crippen molar-refractivity contribution < 1.29 is 0 Å². The van der Waals surface area contributed by atoms with Crippen molar-refractivity contribution in [2.24, 2.45) is 7.05 Å². The Morgan fingerprint density at radius 3 is 2.63 bits per heavy atom. The zero-order chi connectivity index (χ0) is 20.1. The summed E-state index contributed by atoms with van der Waals surface area (Å²) >= 11 is 0. The highest BCUT2D eigenvalue weighted by Gasteiger charge is 2.17. The van der Waals surface area contributed by atoms with Gasteiger partial charge in [-0.2, -0.15) is 10.2 Å². The Morgan fingerprint density at radius 2 is 1.80 bits per heavy atom. The van der Waals surface area contributed by atoms with Gasteiger partial charge in [-0.3, -0.25) is 19.7 Å². The largest absolute Gasteiger partial charge is 0.336 e. The van der Waals surface area contributed by atoms with Crippen LogP contribution in [0, 0.1) is 0 Å². The molecule has 0 saturated heterocycles. The number of nitrogens with zero attached hydrogens (tertiary/aromatic N) is 7. The molecule has 30 heavy (non-hydrogen) atoms. The lowest BCUT2D eigenvalue weighted by molar-refractivity contribution is 0.768. The summed E-state index contributed by atoms with van der Waals surface area (Å²) in [4.78, 5) is 21.3. The molecule has 0 spiro atoms. The highest BCUT2D eigenvalue weighted by molar-refractivity contribution is 5.96. The standard InChI is InChI=1S/C21H15N9/c1-30-11-14(10-25-30)13-8-15-18(28-29-20(15)24-9-13)21-26-16-4-7-23-17(19(16)27-21)12-2-5-22-6-3-12/h2-11H,1H3,(H,26,27)(H,24,28,29). The van der Waals surface area contributed by atoms with Crippen molar-refractivity contribution in [3.8, 4) is 33.9 Å². The summed E-state index contributed by atoms with van der Waals surface area (Å²) < 4.78 is 1.77. The average molecular weight is 393 g/mol. The van der Waals surface area contributed by atoms with E-state index in [2.05, 4.69) is 35.2 Å². The van der Waals surface area contributed by atoms with E-state index >= 15 is 0 Å². The topological polar surface area (TPSA) is 114 Å². The molecule has 2 N–H and O–H groups in total. The number of fused-ring (bicyclic) bond motifs is 2. The van der Waals surface area contributed by atoms with E-state index in [0.717, 1.165) is 38.8 Å². The Balaban J connectivity index is 1.52. The molecule has 6 aromatic rings. The fourth-order valence-electron chi connectivity index (χ4n) is 3.58. The van der Waals surface area contributed by atoms with Crippen molar-refractivity contribution >= 4 is 22.1 Å². The molecular weight excluding hydrogens is 378 g/mol. The first-order valence-electron chi connectivity index (χ1n) is 9.35. The Bertz CT molecular complexity index is 1510. The van der Waals surface area contributed by atoms with E-state index in [1.165, 1.54) is 0 Å². The van der Waals surface area contributed by atoms with Crippen LogP contribution in [0.4, 0.5) is 0 Å². The second-order valence-corrected chi connectivity index (χ2v) is 6.97. The molecule has 0 atom stereocenters. The van der Waals surface area contributed by atoms with Gasteiger partial charge >= 0.3 is 0 Å². The van der Waals surface area contributed by atoms with Crippen molar-refractivity contribution in [1.82, 2.24) is 44.9 Å². The minimum absolute atomic E-state index is 0.657. The molecule has 9 heteroatoms. The molecule has 0 unspecified atom stereocenters. The Labute approximate surface area is 169 Å². The first-order chi connectivity index (χ1) is 14.8. The maximum atomic E-state index is 4.82. The van der Waals surface area contributed by atoms with Gasteiger partial charge in [0.05, 0.1) is 22.8 Å². The third-order valence-electron chi connectivity index (χ3n) is 5.03. The number of aromatic amines is 2. The molecule has 6 heterocycles. The third kappa shape index (κ3) is 2.56. The quantitative estimate of drug-likeness (QED) is 0.477. The van der Waals surface area contributed by atoms with Gasteiger partial charge in [0.1, 0.15) is 11.2 Å². The summed E-state index contributed by atoms with van der Waals surface area (Å²) in [5.41, 5.74) is 6.80. The van der Waals surface area contributed by atoms with Crippen molar-refractivity contribution in [1.29, 1.82) is 0 Å². The number of rotatable bonds is 3. The number of hydrogen-bond donors (Lipinski definition) is 2. The molecule has 6 aromatic heterocycles. The predicted molar refractivity (Wildman–Crippen MR) is 112 cm³/mol. The van der Waals surface area contributed by atoms with Gasteiger partial charge in [0.25, 0.3) is 0 Å². The van der Waals surface area contributed by atoms with Crippen LogP contribution in [0.15, 0.2) is 61.4 Å². The second-order valence-electron chi connectivity index (χ2n) is 6.97. The van der Waals surface area contributed by atoms with Crippen molar-refractivity contribution in [3.63, 3.8) is 0 Å². The summed E-state index contributed by atoms with van der Waals surface area (Å²) in [5, 5.41) is 12.6. The Morgan fingerprint density at radius 1 is 0.900 bits per heavy atom. The summed E-state index contributed by atoms with van der Waals surface area (Å²) in [6.07, 6.45) is 10.8. The van der Waals surface area contributed by atoms with E-state index in [9.17, 15) is 0 Å². The molecular formula is C21H15N9. The number of pyridine rings is 3. The predicted octanol–water partition coefficient (Wildman–Crippen LogP) is 3.36. The third-order valence-corrected chi connectivity index (χ3v) is 5.03. The molecule has 144 valence electrons. The van der Waals surface area contributed by atoms with Gasteiger partial charge in [-0.15, -0.1) is 0 Å². The first-order valence-corrected chi connectivity index (χ1v) is 9.35. The number of aromatic nitrogens is 9. The van der Waals surface area contributed by atoms with Gasteiger partial charge < -0.3 is 4.98 Å². The minimum atomic E-state index is 0.657. The number of imidazole rings is 1. The molecule has 0 bridgehead atoms. The van der Waals surface area contributed by atoms with Crippen LogP contribution in [-0.4, -0.2) is 44.9 Å². The molecule has 0 radical (unpaired) electrons. The zero-order valence-corrected chi connectivity index (χ0v) is 15.9. The molecule has 0 aromatic carbocycles. The van der Waals surface area contributed by atoms with Gasteiger partial charge in [-0.25, -0.2) is 9.97 Å². The van der Waals surface area contributed by atoms with Crippen LogP contribution in [0.5, 0.6) is 0 Å². The molecule has 0 fully saturated rings. The van der Waals surface area contributed by atoms with Crippen LogP contribution in [0.3, 0.4) is 0 Å². The first kappa shape index (κ1) is 16.5. The number of nitrogens with one attached hydrogen (secondary N) is 2. The van der Waals surface area contributed by atoms with Crippen molar-refractivity contribution in [2.45, 2.75) is 0 Å².